The normalized spacial score (nSPS) is 14.9. The van der Waals surface area contributed by atoms with Gasteiger partial charge in [-0.25, -0.2) is 10.1 Å². The molecular formula is C20H26N4O2. The van der Waals surface area contributed by atoms with Gasteiger partial charge < -0.3 is 0 Å². The number of unbranched alkanes of at least 4 members (excludes halogenated alkanes) is 1. The maximum Gasteiger partial charge on any atom is 0.292 e. The third-order valence-corrected chi connectivity index (χ3v) is 4.80. The number of rotatable bonds is 5. The number of carbonyl (C=O) groups is 1. The van der Waals surface area contributed by atoms with E-state index >= 15 is 0 Å². The van der Waals surface area contributed by atoms with Gasteiger partial charge in [0.2, 0.25) is 0 Å². The highest BCUT2D eigenvalue weighted by molar-refractivity contribution is 6.05. The molecule has 1 N–H and O–H groups in total. The summed E-state index contributed by atoms with van der Waals surface area (Å²) in [6, 6.07) is 7.13. The van der Waals surface area contributed by atoms with Crippen molar-refractivity contribution in [2.75, 3.05) is 0 Å². The van der Waals surface area contributed by atoms with E-state index in [1.54, 1.807) is 18.2 Å². The van der Waals surface area contributed by atoms with Gasteiger partial charge in [0.1, 0.15) is 0 Å². The first-order valence-electron chi connectivity index (χ1n) is 9.56. The summed E-state index contributed by atoms with van der Waals surface area (Å²) in [6.45, 7) is 2.57. The van der Waals surface area contributed by atoms with E-state index in [1.165, 1.54) is 17.5 Å². The second-order valence-corrected chi connectivity index (χ2v) is 6.81. The summed E-state index contributed by atoms with van der Waals surface area (Å²) in [5.74, 6) is -0.358. The number of benzene rings is 1. The lowest BCUT2D eigenvalue weighted by Crippen LogP contribution is -2.29. The molecule has 26 heavy (non-hydrogen) atoms. The summed E-state index contributed by atoms with van der Waals surface area (Å²) in [5, 5.41) is 9.77. The minimum Gasteiger partial charge on any atom is -0.267 e. The van der Waals surface area contributed by atoms with E-state index in [-0.39, 0.29) is 17.2 Å². The smallest absolute Gasteiger partial charge is 0.267 e. The Bertz CT molecular complexity index is 860. The first-order valence-corrected chi connectivity index (χ1v) is 9.56. The van der Waals surface area contributed by atoms with Crippen LogP contribution in [0.15, 0.2) is 34.2 Å². The quantitative estimate of drug-likeness (QED) is 0.658. The number of aryl methyl sites for hydroxylation is 1. The summed E-state index contributed by atoms with van der Waals surface area (Å²) < 4.78 is 1.40. The van der Waals surface area contributed by atoms with Crippen LogP contribution in [0.4, 0.5) is 0 Å². The van der Waals surface area contributed by atoms with Gasteiger partial charge in [0.05, 0.1) is 5.39 Å². The van der Waals surface area contributed by atoms with Crippen molar-refractivity contribution in [2.45, 2.75) is 64.8 Å². The van der Waals surface area contributed by atoms with Crippen molar-refractivity contribution in [1.29, 1.82) is 0 Å². The number of amides is 1. The fraction of sp³-hybridized carbons (Fsp3) is 0.500. The molecule has 1 aliphatic rings. The Balaban J connectivity index is 1.92. The number of hydrazone groups is 1. The molecule has 2 aromatic rings. The second kappa shape index (κ2) is 8.74. The molecule has 0 aliphatic heterocycles. The van der Waals surface area contributed by atoms with Gasteiger partial charge in [-0.05, 0) is 38.2 Å². The molecule has 0 spiro atoms. The van der Waals surface area contributed by atoms with Gasteiger partial charge >= 0.3 is 0 Å². The molecule has 0 bridgehead atoms. The molecule has 6 nitrogen and oxygen atoms in total. The molecule has 0 saturated heterocycles. The molecule has 0 radical (unpaired) electrons. The third-order valence-electron chi connectivity index (χ3n) is 4.80. The average molecular weight is 354 g/mol. The summed E-state index contributed by atoms with van der Waals surface area (Å²) in [4.78, 5) is 25.3. The number of nitrogens with zero attached hydrogens (tertiary/aromatic N) is 3. The van der Waals surface area contributed by atoms with Crippen molar-refractivity contribution in [3.63, 3.8) is 0 Å². The maximum atomic E-state index is 12.7. The van der Waals surface area contributed by atoms with Crippen molar-refractivity contribution in [3.8, 4) is 0 Å². The molecule has 1 fully saturated rings. The van der Waals surface area contributed by atoms with Crippen molar-refractivity contribution >= 4 is 22.4 Å². The molecule has 1 amide bonds. The van der Waals surface area contributed by atoms with E-state index < -0.39 is 0 Å². The molecular weight excluding hydrogens is 328 g/mol. The second-order valence-electron chi connectivity index (χ2n) is 6.81. The highest BCUT2D eigenvalue weighted by Gasteiger charge is 2.16. The Kier molecular flexibility index (Phi) is 6.15. The van der Waals surface area contributed by atoms with E-state index in [2.05, 4.69) is 22.5 Å². The van der Waals surface area contributed by atoms with Gasteiger partial charge in [0, 0.05) is 17.6 Å². The maximum absolute atomic E-state index is 12.7. The largest absolute Gasteiger partial charge is 0.292 e. The minimum atomic E-state index is -0.358. The van der Waals surface area contributed by atoms with Gasteiger partial charge in [0.25, 0.3) is 11.5 Å². The van der Waals surface area contributed by atoms with Gasteiger partial charge in [-0.3, -0.25) is 9.59 Å². The van der Waals surface area contributed by atoms with Gasteiger partial charge in [-0.2, -0.15) is 10.2 Å². The van der Waals surface area contributed by atoms with E-state index in [4.69, 9.17) is 0 Å². The summed E-state index contributed by atoms with van der Waals surface area (Å²) in [7, 11) is 0. The SMILES string of the molecule is CCCCn1nc(C(=O)NN=C2CCCCCC2)c2ccccc2c1=O. The number of hydrogen-bond donors (Lipinski definition) is 1. The Morgan fingerprint density at radius 1 is 1.15 bits per heavy atom. The first-order chi connectivity index (χ1) is 12.7. The Labute approximate surface area is 153 Å². The number of hydrogen-bond acceptors (Lipinski definition) is 4. The zero-order valence-corrected chi connectivity index (χ0v) is 15.3. The highest BCUT2D eigenvalue weighted by atomic mass is 16.2. The number of aromatic nitrogens is 2. The van der Waals surface area contributed by atoms with E-state index in [0.717, 1.165) is 44.2 Å². The van der Waals surface area contributed by atoms with Crippen LogP contribution in [-0.4, -0.2) is 21.4 Å². The fourth-order valence-corrected chi connectivity index (χ4v) is 3.29. The van der Waals surface area contributed by atoms with Crippen LogP contribution in [0.1, 0.15) is 68.8 Å². The molecule has 1 heterocycles. The van der Waals surface area contributed by atoms with Crippen LogP contribution in [0, 0.1) is 0 Å². The van der Waals surface area contributed by atoms with Crippen molar-refractivity contribution in [1.82, 2.24) is 15.2 Å². The van der Waals surface area contributed by atoms with Gasteiger partial charge in [0.15, 0.2) is 5.69 Å². The van der Waals surface area contributed by atoms with Gasteiger partial charge in [-0.15, -0.1) is 0 Å². The van der Waals surface area contributed by atoms with E-state index in [1.807, 2.05) is 6.07 Å². The Morgan fingerprint density at radius 2 is 1.85 bits per heavy atom. The lowest BCUT2D eigenvalue weighted by molar-refractivity contribution is 0.0949. The summed E-state index contributed by atoms with van der Waals surface area (Å²) in [6.07, 6.45) is 8.36. The topological polar surface area (TPSA) is 76.3 Å². The van der Waals surface area contributed by atoms with Crippen LogP contribution in [0.25, 0.3) is 10.8 Å². The molecule has 0 unspecified atom stereocenters. The molecule has 1 aliphatic carbocycles. The number of nitrogens with one attached hydrogen (secondary N) is 1. The monoisotopic (exact) mass is 354 g/mol. The van der Waals surface area contributed by atoms with Crippen LogP contribution in [0.2, 0.25) is 0 Å². The molecule has 1 saturated carbocycles. The molecule has 1 aromatic heterocycles. The predicted octanol–water partition coefficient (Wildman–Crippen LogP) is 3.64. The molecule has 1 aromatic carbocycles. The third kappa shape index (κ3) is 4.18. The molecule has 6 heteroatoms. The summed E-state index contributed by atoms with van der Waals surface area (Å²) >= 11 is 0. The predicted molar refractivity (Wildman–Crippen MR) is 104 cm³/mol. The lowest BCUT2D eigenvalue weighted by atomic mass is 10.1. The van der Waals surface area contributed by atoms with E-state index in [0.29, 0.717) is 17.3 Å². The molecule has 138 valence electrons. The highest BCUT2D eigenvalue weighted by Crippen LogP contribution is 2.16. The van der Waals surface area contributed by atoms with Crippen molar-refractivity contribution in [2.24, 2.45) is 5.10 Å². The number of fused-ring (bicyclic) bond motifs is 1. The van der Waals surface area contributed by atoms with E-state index in [9.17, 15) is 9.59 Å². The van der Waals surface area contributed by atoms with Crippen LogP contribution in [-0.2, 0) is 6.54 Å². The van der Waals surface area contributed by atoms with Crippen LogP contribution in [0.3, 0.4) is 0 Å². The standard InChI is InChI=1S/C20H26N4O2/c1-2-3-14-24-20(26)17-13-9-8-12-16(17)18(23-24)19(25)22-21-15-10-6-4-5-7-11-15/h8-9,12-13H,2-7,10-11,14H2,1H3,(H,22,25). The van der Waals surface area contributed by atoms with Crippen molar-refractivity contribution in [3.05, 3.63) is 40.3 Å². The van der Waals surface area contributed by atoms with Gasteiger partial charge in [-0.1, -0.05) is 44.4 Å². The molecule has 0 atom stereocenters. The first kappa shape index (κ1) is 18.3. The average Bonchev–Trinajstić information content (AvgIpc) is 2.94. The van der Waals surface area contributed by atoms with Crippen molar-refractivity contribution < 1.29 is 4.79 Å². The Hall–Kier alpha value is -2.50. The summed E-state index contributed by atoms with van der Waals surface area (Å²) in [5.41, 5.74) is 3.81. The minimum absolute atomic E-state index is 0.152. The zero-order valence-electron chi connectivity index (χ0n) is 15.3. The van der Waals surface area contributed by atoms with Crippen LogP contribution >= 0.6 is 0 Å². The Morgan fingerprint density at radius 3 is 2.54 bits per heavy atom. The van der Waals surface area contributed by atoms with Crippen LogP contribution < -0.4 is 11.0 Å². The fourth-order valence-electron chi connectivity index (χ4n) is 3.29. The lowest BCUT2D eigenvalue weighted by Gasteiger charge is -2.10. The zero-order chi connectivity index (χ0) is 18.4. The number of carbonyl (C=O) groups excluding carboxylic acids is 1. The van der Waals surface area contributed by atoms with Crippen LogP contribution in [0.5, 0.6) is 0 Å². The molecule has 3 rings (SSSR count).